The lowest BCUT2D eigenvalue weighted by Crippen LogP contribution is -2.19. The summed E-state index contributed by atoms with van der Waals surface area (Å²) in [4.78, 5) is 13.9. The van der Waals surface area contributed by atoms with Crippen LogP contribution in [0.25, 0.3) is 11.0 Å². The van der Waals surface area contributed by atoms with Crippen LogP contribution in [-0.2, 0) is 28.9 Å². The minimum Gasteiger partial charge on any atom is -0.466 e. The first kappa shape index (κ1) is 18.1. The Morgan fingerprint density at radius 3 is 2.91 bits per heavy atom. The first-order valence-corrected chi connectivity index (χ1v) is 8.03. The number of rotatable bonds is 4. The van der Waals surface area contributed by atoms with Crippen molar-refractivity contribution in [2.75, 3.05) is 20.2 Å². The molecule has 126 valence electrons. The predicted octanol–water partition coefficient (Wildman–Crippen LogP) is 3.99. The molecule has 0 fully saturated rings. The third kappa shape index (κ3) is 3.65. The van der Waals surface area contributed by atoms with E-state index in [4.69, 9.17) is 20.8 Å². The number of furan rings is 1. The zero-order valence-electron chi connectivity index (χ0n) is 13.4. The van der Waals surface area contributed by atoms with Crippen molar-refractivity contribution in [2.45, 2.75) is 32.7 Å². The summed E-state index contributed by atoms with van der Waals surface area (Å²) in [5.41, 5.74) is 3.19. The zero-order valence-corrected chi connectivity index (χ0v) is 14.9. The molecule has 0 aliphatic carbocycles. The standard InChI is InChI=1S/C17H20ClNO3.ClH/c1-3-21-16(20)7-6-14-12-10-19(2)9-8-11-13(18)4-5-15(22-14)17(11)12;/h4-5H,3,6-10H2,1-2H3;1H. The second kappa shape index (κ2) is 7.56. The van der Waals surface area contributed by atoms with E-state index in [2.05, 4.69) is 11.9 Å². The van der Waals surface area contributed by atoms with Gasteiger partial charge in [-0.3, -0.25) is 4.79 Å². The Balaban J connectivity index is 0.00000192. The van der Waals surface area contributed by atoms with Crippen LogP contribution in [0.2, 0.25) is 5.02 Å². The number of carbonyl (C=O) groups excluding carboxylic acids is 1. The Labute approximate surface area is 147 Å². The van der Waals surface area contributed by atoms with E-state index in [1.165, 1.54) is 0 Å². The summed E-state index contributed by atoms with van der Waals surface area (Å²) < 4.78 is 11.0. The second-order valence-corrected chi connectivity index (χ2v) is 6.10. The number of hydrogen-bond acceptors (Lipinski definition) is 4. The highest BCUT2D eigenvalue weighted by Crippen LogP contribution is 2.36. The molecule has 0 bridgehead atoms. The highest BCUT2D eigenvalue weighted by atomic mass is 35.5. The molecular weight excluding hydrogens is 337 g/mol. The molecule has 1 aromatic carbocycles. The number of aryl methyl sites for hydroxylation is 1. The molecule has 0 unspecified atom stereocenters. The molecule has 0 atom stereocenters. The van der Waals surface area contributed by atoms with Gasteiger partial charge in [0.2, 0.25) is 0 Å². The SMILES string of the molecule is CCOC(=O)CCc1oc2ccc(Cl)c3c2c1CN(C)CC3.Cl. The van der Waals surface area contributed by atoms with Gasteiger partial charge in [-0.15, -0.1) is 12.4 Å². The van der Waals surface area contributed by atoms with Crippen LogP contribution in [0, 0.1) is 0 Å². The van der Waals surface area contributed by atoms with Crippen molar-refractivity contribution in [3.63, 3.8) is 0 Å². The van der Waals surface area contributed by atoms with Crippen molar-refractivity contribution in [3.05, 3.63) is 34.0 Å². The summed E-state index contributed by atoms with van der Waals surface area (Å²) in [5.74, 6) is 0.690. The Kier molecular flexibility index (Phi) is 5.95. The average Bonchev–Trinajstić information content (AvgIpc) is 2.71. The van der Waals surface area contributed by atoms with E-state index >= 15 is 0 Å². The zero-order chi connectivity index (χ0) is 15.7. The topological polar surface area (TPSA) is 42.7 Å². The fraction of sp³-hybridized carbons (Fsp3) is 0.471. The van der Waals surface area contributed by atoms with E-state index < -0.39 is 0 Å². The van der Waals surface area contributed by atoms with Crippen LogP contribution in [0.3, 0.4) is 0 Å². The fourth-order valence-corrected chi connectivity index (χ4v) is 3.32. The van der Waals surface area contributed by atoms with Crippen LogP contribution >= 0.6 is 24.0 Å². The molecule has 1 aliphatic rings. The maximum atomic E-state index is 11.6. The van der Waals surface area contributed by atoms with Gasteiger partial charge < -0.3 is 14.1 Å². The molecule has 0 saturated heterocycles. The molecule has 0 saturated carbocycles. The van der Waals surface area contributed by atoms with Gasteiger partial charge in [0.25, 0.3) is 0 Å². The number of esters is 1. The molecule has 2 heterocycles. The molecule has 3 rings (SSSR count). The molecule has 0 spiro atoms. The van der Waals surface area contributed by atoms with Gasteiger partial charge in [-0.1, -0.05) is 11.6 Å². The van der Waals surface area contributed by atoms with Gasteiger partial charge in [0.1, 0.15) is 11.3 Å². The van der Waals surface area contributed by atoms with Crippen LogP contribution in [0.4, 0.5) is 0 Å². The monoisotopic (exact) mass is 357 g/mol. The maximum absolute atomic E-state index is 11.6. The van der Waals surface area contributed by atoms with E-state index in [1.54, 1.807) is 0 Å². The van der Waals surface area contributed by atoms with Gasteiger partial charge in [-0.2, -0.15) is 0 Å². The molecule has 6 heteroatoms. The van der Waals surface area contributed by atoms with E-state index in [9.17, 15) is 4.79 Å². The van der Waals surface area contributed by atoms with Gasteiger partial charge in [-0.05, 0) is 38.1 Å². The van der Waals surface area contributed by atoms with Crippen molar-refractivity contribution in [3.8, 4) is 0 Å². The number of halogens is 2. The largest absolute Gasteiger partial charge is 0.466 e. The lowest BCUT2D eigenvalue weighted by Gasteiger charge is -2.13. The van der Waals surface area contributed by atoms with Crippen molar-refractivity contribution in [2.24, 2.45) is 0 Å². The van der Waals surface area contributed by atoms with Gasteiger partial charge in [0, 0.05) is 35.5 Å². The van der Waals surface area contributed by atoms with Crippen LogP contribution < -0.4 is 0 Å². The molecule has 23 heavy (non-hydrogen) atoms. The van der Waals surface area contributed by atoms with E-state index in [1.807, 2.05) is 19.1 Å². The maximum Gasteiger partial charge on any atom is 0.306 e. The first-order valence-electron chi connectivity index (χ1n) is 7.66. The normalized spacial score (nSPS) is 14.4. The van der Waals surface area contributed by atoms with Gasteiger partial charge in [0.05, 0.1) is 13.0 Å². The number of hydrogen-bond donors (Lipinski definition) is 0. The molecule has 2 aromatic rings. The highest BCUT2D eigenvalue weighted by Gasteiger charge is 2.23. The van der Waals surface area contributed by atoms with Crippen molar-refractivity contribution < 1.29 is 13.9 Å². The second-order valence-electron chi connectivity index (χ2n) is 5.70. The van der Waals surface area contributed by atoms with Crippen molar-refractivity contribution in [1.82, 2.24) is 4.90 Å². The Morgan fingerprint density at radius 1 is 1.39 bits per heavy atom. The summed E-state index contributed by atoms with van der Waals surface area (Å²) in [6.45, 7) is 4.01. The number of carbonyl (C=O) groups is 1. The average molecular weight is 358 g/mol. The third-order valence-electron chi connectivity index (χ3n) is 4.12. The quantitative estimate of drug-likeness (QED) is 0.775. The summed E-state index contributed by atoms with van der Waals surface area (Å²) in [6.07, 6.45) is 1.82. The molecule has 1 aliphatic heterocycles. The first-order chi connectivity index (χ1) is 10.6. The molecule has 1 aromatic heterocycles. The van der Waals surface area contributed by atoms with Gasteiger partial charge >= 0.3 is 5.97 Å². The smallest absolute Gasteiger partial charge is 0.306 e. The predicted molar refractivity (Wildman–Crippen MR) is 93.5 cm³/mol. The van der Waals surface area contributed by atoms with Crippen LogP contribution in [0.1, 0.15) is 30.2 Å². The number of likely N-dealkylation sites (N-methyl/N-ethyl adjacent to an activating group) is 1. The Bertz CT molecular complexity index is 711. The van der Waals surface area contributed by atoms with E-state index in [0.29, 0.717) is 19.4 Å². The molecule has 0 N–H and O–H groups in total. The Morgan fingerprint density at radius 2 is 2.17 bits per heavy atom. The number of nitrogens with zero attached hydrogens (tertiary/aromatic N) is 1. The van der Waals surface area contributed by atoms with Crippen LogP contribution in [0.5, 0.6) is 0 Å². The lowest BCUT2D eigenvalue weighted by atomic mass is 10.0. The van der Waals surface area contributed by atoms with Gasteiger partial charge in [0.15, 0.2) is 0 Å². The molecule has 0 radical (unpaired) electrons. The summed E-state index contributed by atoms with van der Waals surface area (Å²) in [6, 6.07) is 3.82. The molecular formula is C17H21Cl2NO3. The van der Waals surface area contributed by atoms with Crippen molar-refractivity contribution in [1.29, 1.82) is 0 Å². The number of ether oxygens (including phenoxy) is 1. The summed E-state index contributed by atoms with van der Waals surface area (Å²) in [7, 11) is 2.09. The Hall–Kier alpha value is -1.23. The van der Waals surface area contributed by atoms with Crippen LogP contribution in [0.15, 0.2) is 16.5 Å². The van der Waals surface area contributed by atoms with E-state index in [-0.39, 0.29) is 18.4 Å². The summed E-state index contributed by atoms with van der Waals surface area (Å²) >= 11 is 6.37. The molecule has 0 amide bonds. The highest BCUT2D eigenvalue weighted by molar-refractivity contribution is 6.32. The minimum atomic E-state index is -0.185. The summed E-state index contributed by atoms with van der Waals surface area (Å²) in [5, 5.41) is 1.93. The lowest BCUT2D eigenvalue weighted by molar-refractivity contribution is -0.143. The molecule has 4 nitrogen and oxygen atoms in total. The fourth-order valence-electron chi connectivity index (χ4n) is 3.06. The van der Waals surface area contributed by atoms with Gasteiger partial charge in [-0.25, -0.2) is 0 Å². The number of benzene rings is 1. The third-order valence-corrected chi connectivity index (χ3v) is 4.48. The van der Waals surface area contributed by atoms with Crippen LogP contribution in [-0.4, -0.2) is 31.1 Å². The minimum absolute atomic E-state index is 0. The van der Waals surface area contributed by atoms with Crippen molar-refractivity contribution >= 4 is 40.9 Å². The van der Waals surface area contributed by atoms with E-state index in [0.717, 1.165) is 52.4 Å².